The Balaban J connectivity index is 1.65. The molecular weight excluding hydrogens is 267 g/mol. The van der Waals surface area contributed by atoms with Gasteiger partial charge in [0.15, 0.2) is 0 Å². The topological polar surface area (TPSA) is 32.3 Å². The fourth-order valence-electron chi connectivity index (χ4n) is 3.55. The van der Waals surface area contributed by atoms with Crippen molar-refractivity contribution in [2.45, 2.75) is 32.6 Å². The summed E-state index contributed by atoms with van der Waals surface area (Å²) in [4.78, 5) is 14.4. The van der Waals surface area contributed by atoms with Crippen molar-refractivity contribution < 1.29 is 9.18 Å². The Labute approximate surface area is 125 Å². The van der Waals surface area contributed by atoms with Gasteiger partial charge in [-0.25, -0.2) is 4.39 Å². The van der Waals surface area contributed by atoms with E-state index < -0.39 is 0 Å². The Bertz CT molecular complexity index is 528. The standard InChI is InChI=1S/C17H23FN2O/c1-13-2-3-14(12-15(13)18)16(21)20-10-6-17(7-11-20)4-8-19-9-5-17/h2-3,12,19H,4-11H2,1H3. The first-order chi connectivity index (χ1) is 10.1. The van der Waals surface area contributed by atoms with Gasteiger partial charge in [0.05, 0.1) is 0 Å². The Kier molecular flexibility index (Phi) is 3.98. The van der Waals surface area contributed by atoms with Gasteiger partial charge in [-0.05, 0) is 68.8 Å². The van der Waals surface area contributed by atoms with Gasteiger partial charge in [0.1, 0.15) is 5.82 Å². The highest BCUT2D eigenvalue weighted by atomic mass is 19.1. The van der Waals surface area contributed by atoms with Crippen LogP contribution in [-0.2, 0) is 0 Å². The molecule has 1 spiro atoms. The van der Waals surface area contributed by atoms with E-state index in [1.807, 2.05) is 4.90 Å². The van der Waals surface area contributed by atoms with Gasteiger partial charge in [-0.15, -0.1) is 0 Å². The molecule has 2 fully saturated rings. The summed E-state index contributed by atoms with van der Waals surface area (Å²) < 4.78 is 13.6. The van der Waals surface area contributed by atoms with Crippen LogP contribution in [0.25, 0.3) is 0 Å². The summed E-state index contributed by atoms with van der Waals surface area (Å²) in [5.41, 5.74) is 1.49. The molecule has 0 unspecified atom stereocenters. The zero-order chi connectivity index (χ0) is 14.9. The van der Waals surface area contributed by atoms with E-state index in [1.165, 1.54) is 18.9 Å². The first-order valence-corrected chi connectivity index (χ1v) is 7.86. The second-order valence-electron chi connectivity index (χ2n) is 6.51. The van der Waals surface area contributed by atoms with Crippen molar-refractivity contribution >= 4 is 5.91 Å². The Morgan fingerprint density at radius 1 is 1.19 bits per heavy atom. The predicted molar refractivity (Wildman–Crippen MR) is 80.8 cm³/mol. The lowest BCUT2D eigenvalue weighted by atomic mass is 9.71. The molecule has 0 atom stereocenters. The van der Waals surface area contributed by atoms with E-state index in [0.717, 1.165) is 39.0 Å². The van der Waals surface area contributed by atoms with Crippen molar-refractivity contribution in [1.82, 2.24) is 10.2 Å². The third kappa shape index (κ3) is 2.95. The fraction of sp³-hybridized carbons (Fsp3) is 0.588. The summed E-state index contributed by atoms with van der Waals surface area (Å²) in [5.74, 6) is -0.328. The van der Waals surface area contributed by atoms with Gasteiger partial charge < -0.3 is 10.2 Å². The minimum atomic E-state index is -0.298. The maximum absolute atomic E-state index is 13.6. The number of aryl methyl sites for hydroxylation is 1. The second-order valence-corrected chi connectivity index (χ2v) is 6.51. The van der Waals surface area contributed by atoms with Gasteiger partial charge in [-0.1, -0.05) is 6.07 Å². The van der Waals surface area contributed by atoms with Crippen molar-refractivity contribution in [1.29, 1.82) is 0 Å². The number of hydrogen-bond donors (Lipinski definition) is 1. The minimum absolute atomic E-state index is 0.0299. The molecule has 1 aromatic carbocycles. The van der Waals surface area contributed by atoms with Gasteiger partial charge in [0.2, 0.25) is 0 Å². The molecule has 3 nitrogen and oxygen atoms in total. The number of hydrogen-bond acceptors (Lipinski definition) is 2. The zero-order valence-electron chi connectivity index (χ0n) is 12.6. The second kappa shape index (κ2) is 5.76. The van der Waals surface area contributed by atoms with E-state index in [4.69, 9.17) is 0 Å². The molecule has 0 bridgehead atoms. The van der Waals surface area contributed by atoms with Crippen molar-refractivity contribution in [3.63, 3.8) is 0 Å². The lowest BCUT2D eigenvalue weighted by molar-refractivity contribution is 0.0495. The van der Waals surface area contributed by atoms with Gasteiger partial charge in [0, 0.05) is 18.7 Å². The van der Waals surface area contributed by atoms with E-state index in [0.29, 0.717) is 16.5 Å². The van der Waals surface area contributed by atoms with Crippen LogP contribution >= 0.6 is 0 Å². The molecule has 0 aliphatic carbocycles. The van der Waals surface area contributed by atoms with Crippen LogP contribution in [0.2, 0.25) is 0 Å². The van der Waals surface area contributed by atoms with Crippen molar-refractivity contribution in [3.05, 3.63) is 35.1 Å². The van der Waals surface area contributed by atoms with Crippen LogP contribution in [0.4, 0.5) is 4.39 Å². The number of amides is 1. The molecule has 4 heteroatoms. The molecule has 21 heavy (non-hydrogen) atoms. The smallest absolute Gasteiger partial charge is 0.253 e. The average molecular weight is 290 g/mol. The molecule has 3 rings (SSSR count). The number of carbonyl (C=O) groups is 1. The molecule has 1 N–H and O–H groups in total. The summed E-state index contributed by atoms with van der Waals surface area (Å²) in [6, 6.07) is 4.78. The zero-order valence-corrected chi connectivity index (χ0v) is 12.6. The number of likely N-dealkylation sites (tertiary alicyclic amines) is 1. The molecule has 2 saturated heterocycles. The van der Waals surface area contributed by atoms with Crippen LogP contribution in [0, 0.1) is 18.2 Å². The van der Waals surface area contributed by atoms with E-state index >= 15 is 0 Å². The normalized spacial score (nSPS) is 21.5. The Morgan fingerprint density at radius 2 is 1.86 bits per heavy atom. The highest BCUT2D eigenvalue weighted by Crippen LogP contribution is 2.39. The Hall–Kier alpha value is -1.42. The van der Waals surface area contributed by atoms with E-state index in [2.05, 4.69) is 5.32 Å². The van der Waals surface area contributed by atoms with Gasteiger partial charge in [0.25, 0.3) is 5.91 Å². The Morgan fingerprint density at radius 3 is 2.48 bits per heavy atom. The minimum Gasteiger partial charge on any atom is -0.339 e. The first-order valence-electron chi connectivity index (χ1n) is 7.86. The lowest BCUT2D eigenvalue weighted by Crippen LogP contribution is -2.47. The van der Waals surface area contributed by atoms with Crippen LogP contribution < -0.4 is 5.32 Å². The lowest BCUT2D eigenvalue weighted by Gasteiger charge is -2.44. The number of piperidine rings is 2. The van der Waals surface area contributed by atoms with E-state index in [9.17, 15) is 9.18 Å². The fourth-order valence-corrected chi connectivity index (χ4v) is 3.55. The summed E-state index contributed by atoms with van der Waals surface area (Å²) in [6.07, 6.45) is 4.59. The maximum atomic E-state index is 13.6. The number of halogens is 1. The van der Waals surface area contributed by atoms with Crippen molar-refractivity contribution in [2.24, 2.45) is 5.41 Å². The van der Waals surface area contributed by atoms with Gasteiger partial charge in [-0.3, -0.25) is 4.79 Å². The van der Waals surface area contributed by atoms with Crippen LogP contribution in [0.1, 0.15) is 41.6 Å². The van der Waals surface area contributed by atoms with Crippen LogP contribution in [-0.4, -0.2) is 37.0 Å². The summed E-state index contributed by atoms with van der Waals surface area (Å²) in [5, 5.41) is 3.41. The molecule has 2 heterocycles. The highest BCUT2D eigenvalue weighted by molar-refractivity contribution is 5.94. The molecule has 1 amide bonds. The number of nitrogens with zero attached hydrogens (tertiary/aromatic N) is 1. The number of nitrogens with one attached hydrogen (secondary N) is 1. The summed E-state index contributed by atoms with van der Waals surface area (Å²) in [6.45, 7) is 5.50. The van der Waals surface area contributed by atoms with E-state index in [-0.39, 0.29) is 11.7 Å². The summed E-state index contributed by atoms with van der Waals surface area (Å²) in [7, 11) is 0. The van der Waals surface area contributed by atoms with Crippen molar-refractivity contribution in [2.75, 3.05) is 26.2 Å². The maximum Gasteiger partial charge on any atom is 0.253 e. The van der Waals surface area contributed by atoms with Crippen LogP contribution in [0.15, 0.2) is 18.2 Å². The third-order valence-electron chi connectivity index (χ3n) is 5.19. The SMILES string of the molecule is Cc1ccc(C(=O)N2CCC3(CCNCC3)CC2)cc1F. The molecule has 2 aliphatic rings. The average Bonchev–Trinajstić information content (AvgIpc) is 2.51. The summed E-state index contributed by atoms with van der Waals surface area (Å²) >= 11 is 0. The number of benzene rings is 1. The van der Waals surface area contributed by atoms with Crippen molar-refractivity contribution in [3.8, 4) is 0 Å². The first kappa shape index (κ1) is 14.5. The number of carbonyl (C=O) groups excluding carboxylic acids is 1. The quantitative estimate of drug-likeness (QED) is 0.862. The molecule has 1 aromatic rings. The molecule has 0 aromatic heterocycles. The van der Waals surface area contributed by atoms with E-state index in [1.54, 1.807) is 19.1 Å². The van der Waals surface area contributed by atoms with Crippen LogP contribution in [0.5, 0.6) is 0 Å². The van der Waals surface area contributed by atoms with Gasteiger partial charge in [-0.2, -0.15) is 0 Å². The largest absolute Gasteiger partial charge is 0.339 e. The highest BCUT2D eigenvalue weighted by Gasteiger charge is 2.36. The molecule has 114 valence electrons. The molecule has 2 aliphatic heterocycles. The third-order valence-corrected chi connectivity index (χ3v) is 5.19. The number of rotatable bonds is 1. The van der Waals surface area contributed by atoms with Crippen LogP contribution in [0.3, 0.4) is 0 Å². The predicted octanol–water partition coefficient (Wildman–Crippen LogP) is 2.74. The molecular formula is C17H23FN2O. The molecule has 0 radical (unpaired) electrons. The monoisotopic (exact) mass is 290 g/mol. The molecule has 0 saturated carbocycles. The van der Waals surface area contributed by atoms with Gasteiger partial charge >= 0.3 is 0 Å².